The predicted octanol–water partition coefficient (Wildman–Crippen LogP) is 6.31. The van der Waals surface area contributed by atoms with E-state index in [1.54, 1.807) is 0 Å². The normalized spacial score (nSPS) is 15.5. The molecule has 0 saturated carbocycles. The molecule has 3 atom stereocenters. The SMILES string of the molecule is C=CC(C)CCC=CCC(C#N)CC(C)(CC)C(=O)NC/C=C/c1ccccc1. The molecule has 0 heterocycles. The number of nitrogens with zero attached hydrogens (tertiary/aromatic N) is 1. The summed E-state index contributed by atoms with van der Waals surface area (Å²) < 4.78 is 0. The molecule has 3 unspecified atom stereocenters. The second-order valence-corrected chi connectivity index (χ2v) is 7.96. The van der Waals surface area contributed by atoms with Crippen molar-refractivity contribution in [2.24, 2.45) is 17.3 Å². The van der Waals surface area contributed by atoms with Gasteiger partial charge in [-0.3, -0.25) is 4.79 Å². The molecule has 3 nitrogen and oxygen atoms in total. The summed E-state index contributed by atoms with van der Waals surface area (Å²) in [5.74, 6) is 0.370. The zero-order chi connectivity index (χ0) is 21.5. The Hall–Kier alpha value is -2.60. The van der Waals surface area contributed by atoms with Crippen molar-refractivity contribution in [1.82, 2.24) is 5.32 Å². The number of benzene rings is 1. The number of amides is 1. The summed E-state index contributed by atoms with van der Waals surface area (Å²) in [7, 11) is 0. The van der Waals surface area contributed by atoms with Gasteiger partial charge in [-0.15, -0.1) is 6.58 Å². The zero-order valence-corrected chi connectivity index (χ0v) is 18.2. The number of nitrogens with one attached hydrogen (secondary N) is 1. The molecular formula is C26H36N2O. The Labute approximate surface area is 177 Å². The largest absolute Gasteiger partial charge is 0.352 e. The van der Waals surface area contributed by atoms with Gasteiger partial charge in [0.15, 0.2) is 0 Å². The van der Waals surface area contributed by atoms with Crippen LogP contribution in [-0.4, -0.2) is 12.5 Å². The van der Waals surface area contributed by atoms with E-state index in [0.29, 0.717) is 31.7 Å². The van der Waals surface area contributed by atoms with Crippen molar-refractivity contribution in [3.63, 3.8) is 0 Å². The average molecular weight is 393 g/mol. The van der Waals surface area contributed by atoms with Gasteiger partial charge in [0.25, 0.3) is 0 Å². The Bertz CT molecular complexity index is 714. The van der Waals surface area contributed by atoms with Gasteiger partial charge in [0, 0.05) is 12.0 Å². The first kappa shape index (κ1) is 24.4. The third-order valence-corrected chi connectivity index (χ3v) is 5.48. The van der Waals surface area contributed by atoms with Crippen molar-refractivity contribution in [1.29, 1.82) is 5.26 Å². The lowest BCUT2D eigenvalue weighted by molar-refractivity contribution is -0.130. The van der Waals surface area contributed by atoms with Crippen LogP contribution in [0.25, 0.3) is 6.08 Å². The second-order valence-electron chi connectivity index (χ2n) is 7.96. The van der Waals surface area contributed by atoms with Gasteiger partial charge in [-0.05, 0) is 43.6 Å². The Kier molecular flexibility index (Phi) is 11.4. The van der Waals surface area contributed by atoms with Crippen molar-refractivity contribution in [3.05, 3.63) is 66.8 Å². The third kappa shape index (κ3) is 9.43. The van der Waals surface area contributed by atoms with Gasteiger partial charge in [0.2, 0.25) is 5.91 Å². The molecule has 156 valence electrons. The quantitative estimate of drug-likeness (QED) is 0.400. The molecule has 1 rings (SSSR count). The Morgan fingerprint density at radius 2 is 2.00 bits per heavy atom. The maximum atomic E-state index is 12.8. The summed E-state index contributed by atoms with van der Waals surface area (Å²) in [6, 6.07) is 12.4. The number of carbonyl (C=O) groups is 1. The molecule has 0 bridgehead atoms. The summed E-state index contributed by atoms with van der Waals surface area (Å²) in [6.07, 6.45) is 14.2. The molecule has 0 radical (unpaired) electrons. The monoisotopic (exact) mass is 392 g/mol. The van der Waals surface area contributed by atoms with Crippen molar-refractivity contribution < 1.29 is 4.79 Å². The van der Waals surface area contributed by atoms with Crippen LogP contribution in [0.4, 0.5) is 0 Å². The first-order valence-electron chi connectivity index (χ1n) is 10.6. The average Bonchev–Trinajstić information content (AvgIpc) is 2.75. The fourth-order valence-electron chi connectivity index (χ4n) is 3.10. The molecule has 3 heteroatoms. The van der Waals surface area contributed by atoms with E-state index in [4.69, 9.17) is 0 Å². The lowest BCUT2D eigenvalue weighted by Crippen LogP contribution is -2.39. The lowest BCUT2D eigenvalue weighted by atomic mass is 9.77. The number of hydrogen-bond acceptors (Lipinski definition) is 2. The number of carbonyl (C=O) groups excluding carboxylic acids is 1. The third-order valence-electron chi connectivity index (χ3n) is 5.48. The minimum absolute atomic E-state index is 0.0155. The van der Waals surface area contributed by atoms with Crippen LogP contribution in [0.3, 0.4) is 0 Å². The highest BCUT2D eigenvalue weighted by Gasteiger charge is 2.33. The molecule has 1 aromatic carbocycles. The van der Waals surface area contributed by atoms with Gasteiger partial charge in [-0.1, -0.05) is 81.5 Å². The van der Waals surface area contributed by atoms with Gasteiger partial charge in [0.1, 0.15) is 0 Å². The van der Waals surface area contributed by atoms with Gasteiger partial charge < -0.3 is 5.32 Å². The van der Waals surface area contributed by atoms with Crippen molar-refractivity contribution >= 4 is 12.0 Å². The molecule has 0 saturated heterocycles. The van der Waals surface area contributed by atoms with Crippen molar-refractivity contribution in [2.75, 3.05) is 6.54 Å². The minimum Gasteiger partial charge on any atom is -0.352 e. The molecule has 0 fully saturated rings. The van der Waals surface area contributed by atoms with E-state index in [1.807, 2.05) is 62.4 Å². The van der Waals surface area contributed by atoms with E-state index >= 15 is 0 Å². The summed E-state index contributed by atoms with van der Waals surface area (Å²) in [5.41, 5.74) is 0.574. The minimum atomic E-state index is -0.536. The van der Waals surface area contributed by atoms with Crippen LogP contribution in [0.1, 0.15) is 58.4 Å². The molecule has 0 aliphatic rings. The van der Waals surface area contributed by atoms with Gasteiger partial charge in [-0.25, -0.2) is 0 Å². The summed E-state index contributed by atoms with van der Waals surface area (Å²) >= 11 is 0. The van der Waals surface area contributed by atoms with Crippen LogP contribution in [0.5, 0.6) is 0 Å². The van der Waals surface area contributed by atoms with E-state index in [-0.39, 0.29) is 11.8 Å². The summed E-state index contributed by atoms with van der Waals surface area (Å²) in [4.78, 5) is 12.8. The predicted molar refractivity (Wildman–Crippen MR) is 123 cm³/mol. The molecule has 1 aromatic rings. The molecule has 0 aromatic heterocycles. The van der Waals surface area contributed by atoms with Gasteiger partial charge >= 0.3 is 0 Å². The highest BCUT2D eigenvalue weighted by atomic mass is 16.2. The maximum Gasteiger partial charge on any atom is 0.226 e. The Morgan fingerprint density at radius 1 is 1.28 bits per heavy atom. The number of allylic oxidation sites excluding steroid dienone is 3. The number of nitriles is 1. The topological polar surface area (TPSA) is 52.9 Å². The summed E-state index contributed by atoms with van der Waals surface area (Å²) in [6.45, 7) is 10.4. The second kappa shape index (κ2) is 13.6. The van der Waals surface area contributed by atoms with E-state index in [1.165, 1.54) is 0 Å². The molecule has 0 aliphatic carbocycles. The highest BCUT2D eigenvalue weighted by Crippen LogP contribution is 2.31. The van der Waals surface area contributed by atoms with E-state index < -0.39 is 5.41 Å². The molecular weight excluding hydrogens is 356 g/mol. The highest BCUT2D eigenvalue weighted by molar-refractivity contribution is 5.82. The number of hydrogen-bond donors (Lipinski definition) is 1. The Balaban J connectivity index is 2.52. The van der Waals surface area contributed by atoms with Crippen molar-refractivity contribution in [2.45, 2.75) is 52.9 Å². The van der Waals surface area contributed by atoms with E-state index in [9.17, 15) is 10.1 Å². The molecule has 1 amide bonds. The van der Waals surface area contributed by atoms with Gasteiger partial charge in [-0.2, -0.15) is 5.26 Å². The fourth-order valence-corrected chi connectivity index (χ4v) is 3.10. The van der Waals surface area contributed by atoms with Crippen LogP contribution in [-0.2, 0) is 4.79 Å². The molecule has 1 N–H and O–H groups in total. The van der Waals surface area contributed by atoms with Crippen molar-refractivity contribution in [3.8, 4) is 6.07 Å². The van der Waals surface area contributed by atoms with Crippen LogP contribution in [0.15, 0.2) is 61.2 Å². The summed E-state index contributed by atoms with van der Waals surface area (Å²) in [5, 5.41) is 12.6. The van der Waals surface area contributed by atoms with Gasteiger partial charge in [0.05, 0.1) is 12.0 Å². The Morgan fingerprint density at radius 3 is 2.62 bits per heavy atom. The van der Waals surface area contributed by atoms with Crippen LogP contribution < -0.4 is 5.32 Å². The van der Waals surface area contributed by atoms with Crippen LogP contribution in [0.2, 0.25) is 0 Å². The zero-order valence-electron chi connectivity index (χ0n) is 18.2. The van der Waals surface area contributed by atoms with Crippen LogP contribution >= 0.6 is 0 Å². The molecule has 29 heavy (non-hydrogen) atoms. The first-order valence-corrected chi connectivity index (χ1v) is 10.6. The van der Waals surface area contributed by atoms with E-state index in [2.05, 4.69) is 37.0 Å². The smallest absolute Gasteiger partial charge is 0.226 e. The van der Waals surface area contributed by atoms with E-state index in [0.717, 1.165) is 18.4 Å². The van der Waals surface area contributed by atoms with Crippen LogP contribution in [0, 0.1) is 28.6 Å². The lowest BCUT2D eigenvalue weighted by Gasteiger charge is -2.28. The maximum absolute atomic E-state index is 12.8. The standard InChI is InChI=1S/C26H36N2O/c1-5-22(3)14-9-7-12-17-24(21-27)20-26(4,6-2)25(29)28-19-13-18-23-15-10-8-11-16-23/h5,7-8,10-13,15-16,18,22,24H,1,6,9,14,17,19-20H2,2-4H3,(H,28,29)/b12-7?,18-13+. The first-order chi connectivity index (χ1) is 13.9. The molecule has 0 spiro atoms. The number of rotatable bonds is 13. The molecule has 0 aliphatic heterocycles. The fraction of sp³-hybridized carbons (Fsp3) is 0.462.